The summed E-state index contributed by atoms with van der Waals surface area (Å²) in [6.45, 7) is 1.93. The Kier molecular flexibility index (Phi) is 4.78. The quantitative estimate of drug-likeness (QED) is 0.462. The number of aryl methyl sites for hydroxylation is 3. The predicted molar refractivity (Wildman–Crippen MR) is 108 cm³/mol. The molecule has 0 unspecified atom stereocenters. The number of fused-ring (bicyclic) bond motifs is 3. The zero-order valence-corrected chi connectivity index (χ0v) is 16.6. The number of thiophene rings is 1. The number of halogens is 1. The van der Waals surface area contributed by atoms with E-state index in [9.17, 15) is 4.79 Å². The van der Waals surface area contributed by atoms with E-state index >= 15 is 0 Å². The standard InChI is InChI=1S/C19H16ClN3OS2/c1-11-6-7-12(10-14(11)20)23-18(24)16-13-4-2-3-5-15(13)26-17(16)22-19(23)25-9-8-21/h6-7,10H,2-5,9H2,1H3. The molecule has 0 saturated heterocycles. The Morgan fingerprint density at radius 2 is 2.19 bits per heavy atom. The van der Waals surface area contributed by atoms with Crippen LogP contribution in [0, 0.1) is 18.3 Å². The topological polar surface area (TPSA) is 58.7 Å². The van der Waals surface area contributed by atoms with E-state index in [1.165, 1.54) is 16.6 Å². The molecule has 0 atom stereocenters. The van der Waals surface area contributed by atoms with Crippen LogP contribution < -0.4 is 5.56 Å². The molecule has 26 heavy (non-hydrogen) atoms. The first-order valence-electron chi connectivity index (χ1n) is 8.43. The second-order valence-electron chi connectivity index (χ2n) is 6.31. The molecule has 7 heteroatoms. The largest absolute Gasteiger partial charge is 0.268 e. The number of aromatic nitrogens is 2. The van der Waals surface area contributed by atoms with E-state index in [1.807, 2.05) is 19.1 Å². The first kappa shape index (κ1) is 17.6. The lowest BCUT2D eigenvalue weighted by molar-refractivity contribution is 0.699. The fraction of sp³-hybridized carbons (Fsp3) is 0.316. The van der Waals surface area contributed by atoms with Gasteiger partial charge < -0.3 is 0 Å². The van der Waals surface area contributed by atoms with Gasteiger partial charge in [0.2, 0.25) is 0 Å². The Morgan fingerprint density at radius 1 is 1.38 bits per heavy atom. The number of rotatable bonds is 3. The van der Waals surface area contributed by atoms with Gasteiger partial charge in [-0.1, -0.05) is 29.4 Å². The average molecular weight is 402 g/mol. The van der Waals surface area contributed by atoms with E-state index in [0.29, 0.717) is 15.9 Å². The molecule has 3 aromatic rings. The monoisotopic (exact) mass is 401 g/mol. The Balaban J connectivity index is 2.02. The average Bonchev–Trinajstić information content (AvgIpc) is 3.01. The van der Waals surface area contributed by atoms with Crippen LogP contribution in [0.5, 0.6) is 0 Å². The molecule has 1 aliphatic rings. The third-order valence-electron chi connectivity index (χ3n) is 4.64. The highest BCUT2D eigenvalue weighted by Gasteiger charge is 2.23. The van der Waals surface area contributed by atoms with E-state index in [4.69, 9.17) is 21.8 Å². The van der Waals surface area contributed by atoms with E-state index in [-0.39, 0.29) is 11.3 Å². The summed E-state index contributed by atoms with van der Waals surface area (Å²) in [6, 6.07) is 7.69. The molecule has 0 saturated carbocycles. The van der Waals surface area contributed by atoms with Gasteiger partial charge in [0.15, 0.2) is 5.16 Å². The van der Waals surface area contributed by atoms with Crippen molar-refractivity contribution in [3.63, 3.8) is 0 Å². The summed E-state index contributed by atoms with van der Waals surface area (Å²) < 4.78 is 1.61. The van der Waals surface area contributed by atoms with Gasteiger partial charge in [-0.15, -0.1) is 11.3 Å². The first-order chi connectivity index (χ1) is 12.6. The van der Waals surface area contributed by atoms with Crippen molar-refractivity contribution in [2.24, 2.45) is 0 Å². The van der Waals surface area contributed by atoms with Crippen LogP contribution in [0.3, 0.4) is 0 Å². The van der Waals surface area contributed by atoms with Crippen molar-refractivity contribution in [1.82, 2.24) is 9.55 Å². The van der Waals surface area contributed by atoms with Gasteiger partial charge in [-0.25, -0.2) is 4.98 Å². The van der Waals surface area contributed by atoms with Gasteiger partial charge in [-0.05, 0) is 55.9 Å². The van der Waals surface area contributed by atoms with Gasteiger partial charge in [0.25, 0.3) is 5.56 Å². The molecule has 4 nitrogen and oxygen atoms in total. The third kappa shape index (κ3) is 2.94. The summed E-state index contributed by atoms with van der Waals surface area (Å²) in [5.41, 5.74) is 2.75. The van der Waals surface area contributed by atoms with Crippen LogP contribution in [-0.2, 0) is 12.8 Å². The molecule has 4 rings (SSSR count). The predicted octanol–water partition coefficient (Wildman–Crippen LogP) is 4.90. The van der Waals surface area contributed by atoms with Crippen LogP contribution in [0.1, 0.15) is 28.8 Å². The number of nitrogens with zero attached hydrogens (tertiary/aromatic N) is 3. The van der Waals surface area contributed by atoms with E-state index in [2.05, 4.69) is 6.07 Å². The van der Waals surface area contributed by atoms with Crippen LogP contribution >= 0.6 is 34.7 Å². The second kappa shape index (κ2) is 7.07. The van der Waals surface area contributed by atoms with Gasteiger partial charge in [-0.3, -0.25) is 9.36 Å². The number of thioether (sulfide) groups is 1. The molecule has 0 aliphatic heterocycles. The zero-order valence-electron chi connectivity index (χ0n) is 14.2. The van der Waals surface area contributed by atoms with Gasteiger partial charge in [0, 0.05) is 9.90 Å². The van der Waals surface area contributed by atoms with Crippen molar-refractivity contribution >= 4 is 44.9 Å². The number of hydrogen-bond donors (Lipinski definition) is 0. The van der Waals surface area contributed by atoms with Crippen molar-refractivity contribution in [2.75, 3.05) is 5.75 Å². The van der Waals surface area contributed by atoms with Gasteiger partial charge in [0.05, 0.1) is 22.9 Å². The molecule has 1 aliphatic carbocycles. The molecule has 0 amide bonds. The molecule has 0 fully saturated rings. The molecule has 2 heterocycles. The fourth-order valence-electron chi connectivity index (χ4n) is 3.33. The highest BCUT2D eigenvalue weighted by atomic mass is 35.5. The van der Waals surface area contributed by atoms with E-state index in [0.717, 1.165) is 47.0 Å². The lowest BCUT2D eigenvalue weighted by Gasteiger charge is -2.13. The van der Waals surface area contributed by atoms with Crippen LogP contribution in [0.2, 0.25) is 5.02 Å². The van der Waals surface area contributed by atoms with Crippen LogP contribution in [0.25, 0.3) is 15.9 Å². The fourth-order valence-corrected chi connectivity index (χ4v) is 5.48. The Bertz CT molecular complexity index is 1110. The third-order valence-corrected chi connectivity index (χ3v) is 7.04. The smallest absolute Gasteiger partial charge is 0.267 e. The zero-order chi connectivity index (χ0) is 18.3. The van der Waals surface area contributed by atoms with Crippen molar-refractivity contribution in [1.29, 1.82) is 5.26 Å². The summed E-state index contributed by atoms with van der Waals surface area (Å²) in [6.07, 6.45) is 4.23. The molecule has 132 valence electrons. The summed E-state index contributed by atoms with van der Waals surface area (Å²) in [7, 11) is 0. The SMILES string of the molecule is Cc1ccc(-n2c(SCC#N)nc3sc4c(c3c2=O)CCCC4)cc1Cl. The minimum absolute atomic E-state index is 0.0604. The number of hydrogen-bond acceptors (Lipinski definition) is 5. The minimum atomic E-state index is -0.0604. The second-order valence-corrected chi connectivity index (χ2v) is 8.74. The number of benzene rings is 1. The van der Waals surface area contributed by atoms with Crippen molar-refractivity contribution in [3.8, 4) is 11.8 Å². The number of nitriles is 1. The van der Waals surface area contributed by atoms with E-state index < -0.39 is 0 Å². The minimum Gasteiger partial charge on any atom is -0.268 e. The molecule has 0 spiro atoms. The lowest BCUT2D eigenvalue weighted by atomic mass is 9.97. The molecular formula is C19H16ClN3OS2. The van der Waals surface area contributed by atoms with Crippen LogP contribution in [0.15, 0.2) is 28.2 Å². The van der Waals surface area contributed by atoms with Crippen molar-refractivity contribution in [2.45, 2.75) is 37.8 Å². The molecule has 0 radical (unpaired) electrons. The molecule has 2 aromatic heterocycles. The van der Waals surface area contributed by atoms with Gasteiger partial charge in [-0.2, -0.15) is 5.26 Å². The lowest BCUT2D eigenvalue weighted by Crippen LogP contribution is -2.22. The van der Waals surface area contributed by atoms with Crippen LogP contribution in [-0.4, -0.2) is 15.3 Å². The maximum atomic E-state index is 13.4. The highest BCUT2D eigenvalue weighted by Crippen LogP contribution is 2.35. The van der Waals surface area contributed by atoms with Crippen molar-refractivity contribution in [3.05, 3.63) is 49.6 Å². The normalized spacial score (nSPS) is 13.6. The van der Waals surface area contributed by atoms with Gasteiger partial charge in [0.1, 0.15) is 4.83 Å². The first-order valence-corrected chi connectivity index (χ1v) is 10.6. The molecular weight excluding hydrogens is 386 g/mol. The Labute approximate surface area is 164 Å². The Morgan fingerprint density at radius 3 is 2.96 bits per heavy atom. The Hall–Kier alpha value is -1.81. The van der Waals surface area contributed by atoms with E-state index in [1.54, 1.807) is 22.0 Å². The van der Waals surface area contributed by atoms with Gasteiger partial charge >= 0.3 is 0 Å². The highest BCUT2D eigenvalue weighted by molar-refractivity contribution is 7.99. The molecule has 0 bridgehead atoms. The maximum absolute atomic E-state index is 13.4. The van der Waals surface area contributed by atoms with Crippen molar-refractivity contribution < 1.29 is 0 Å². The summed E-state index contributed by atoms with van der Waals surface area (Å²) >= 11 is 9.20. The summed E-state index contributed by atoms with van der Waals surface area (Å²) in [4.78, 5) is 20.3. The summed E-state index contributed by atoms with van der Waals surface area (Å²) in [5, 5.41) is 10.9. The maximum Gasteiger partial charge on any atom is 0.267 e. The summed E-state index contributed by atoms with van der Waals surface area (Å²) in [5.74, 6) is 0.239. The van der Waals surface area contributed by atoms with Crippen LogP contribution in [0.4, 0.5) is 0 Å². The molecule has 1 aromatic carbocycles. The molecule has 0 N–H and O–H groups in total.